The summed E-state index contributed by atoms with van der Waals surface area (Å²) in [5.74, 6) is 1.20. The van der Waals surface area contributed by atoms with Crippen LogP contribution in [0.1, 0.15) is 11.1 Å². The van der Waals surface area contributed by atoms with Crippen LogP contribution in [0.3, 0.4) is 0 Å². The van der Waals surface area contributed by atoms with Gasteiger partial charge in [0, 0.05) is 0 Å². The summed E-state index contributed by atoms with van der Waals surface area (Å²) >= 11 is 6.70. The van der Waals surface area contributed by atoms with E-state index in [1.807, 2.05) is 54.6 Å². The second-order valence-corrected chi connectivity index (χ2v) is 7.04. The van der Waals surface area contributed by atoms with Crippen LogP contribution in [-0.2, 0) is 11.3 Å². The van der Waals surface area contributed by atoms with E-state index in [9.17, 15) is 4.79 Å². The highest BCUT2D eigenvalue weighted by molar-refractivity contribution is 8.26. The fraction of sp³-hybridized carbons (Fsp3) is 0.158. The molecule has 1 amide bonds. The molecule has 0 radical (unpaired) electrons. The molecule has 4 nitrogen and oxygen atoms in total. The third-order valence-electron chi connectivity index (χ3n) is 3.76. The first-order valence-corrected chi connectivity index (χ1v) is 8.86. The summed E-state index contributed by atoms with van der Waals surface area (Å²) in [6.45, 7) is 0.481. The van der Waals surface area contributed by atoms with E-state index in [2.05, 4.69) is 0 Å². The van der Waals surface area contributed by atoms with Gasteiger partial charge in [0.1, 0.15) is 4.32 Å². The van der Waals surface area contributed by atoms with Crippen LogP contribution in [0.4, 0.5) is 0 Å². The number of thiocarbonyl (C=S) groups is 1. The number of thioether (sulfide) groups is 1. The van der Waals surface area contributed by atoms with Crippen LogP contribution >= 0.6 is 24.0 Å². The minimum absolute atomic E-state index is 0.0753. The van der Waals surface area contributed by atoms with Crippen molar-refractivity contribution < 1.29 is 14.3 Å². The van der Waals surface area contributed by atoms with Crippen LogP contribution in [0.15, 0.2) is 53.4 Å². The molecular formula is C19H17NO3S2. The lowest BCUT2D eigenvalue weighted by Crippen LogP contribution is -2.27. The number of nitrogens with zero attached hydrogens (tertiary/aromatic N) is 1. The van der Waals surface area contributed by atoms with Gasteiger partial charge in [-0.15, -0.1) is 0 Å². The lowest BCUT2D eigenvalue weighted by Gasteiger charge is -2.14. The number of carbonyl (C=O) groups excluding carboxylic acids is 1. The van der Waals surface area contributed by atoms with Crippen molar-refractivity contribution in [1.29, 1.82) is 0 Å². The zero-order valence-corrected chi connectivity index (χ0v) is 15.5. The van der Waals surface area contributed by atoms with Crippen molar-refractivity contribution in [3.63, 3.8) is 0 Å². The van der Waals surface area contributed by atoms with Crippen LogP contribution in [0.25, 0.3) is 6.08 Å². The van der Waals surface area contributed by atoms with E-state index in [4.69, 9.17) is 21.7 Å². The van der Waals surface area contributed by atoms with Crippen molar-refractivity contribution >= 4 is 40.3 Å². The quantitative estimate of drug-likeness (QED) is 0.584. The third kappa shape index (κ3) is 3.86. The van der Waals surface area contributed by atoms with Crippen LogP contribution in [0.2, 0.25) is 0 Å². The molecule has 0 N–H and O–H groups in total. The van der Waals surface area contributed by atoms with Crippen LogP contribution < -0.4 is 9.47 Å². The van der Waals surface area contributed by atoms with E-state index >= 15 is 0 Å². The van der Waals surface area contributed by atoms with Crippen LogP contribution in [-0.4, -0.2) is 29.3 Å². The zero-order valence-electron chi connectivity index (χ0n) is 13.9. The van der Waals surface area contributed by atoms with Crippen molar-refractivity contribution in [2.24, 2.45) is 0 Å². The maximum Gasteiger partial charge on any atom is 0.266 e. The molecule has 0 saturated carbocycles. The number of hydrogen-bond donors (Lipinski definition) is 0. The average Bonchev–Trinajstić information content (AvgIpc) is 2.90. The molecule has 1 aliphatic rings. The zero-order chi connectivity index (χ0) is 17.8. The van der Waals surface area contributed by atoms with Gasteiger partial charge in [-0.25, -0.2) is 0 Å². The molecule has 0 aromatic heterocycles. The summed E-state index contributed by atoms with van der Waals surface area (Å²) < 4.78 is 11.1. The van der Waals surface area contributed by atoms with Gasteiger partial charge in [0.15, 0.2) is 11.5 Å². The highest BCUT2D eigenvalue weighted by Crippen LogP contribution is 2.35. The molecule has 1 heterocycles. The molecule has 1 fully saturated rings. The minimum Gasteiger partial charge on any atom is -0.493 e. The molecule has 0 bridgehead atoms. The Labute approximate surface area is 156 Å². The first-order valence-electron chi connectivity index (χ1n) is 7.63. The number of ether oxygens (including phenoxy) is 2. The molecule has 1 aliphatic heterocycles. The summed E-state index contributed by atoms with van der Waals surface area (Å²) in [7, 11) is 3.17. The van der Waals surface area contributed by atoms with Crippen molar-refractivity contribution in [3.05, 3.63) is 64.6 Å². The standard InChI is InChI=1S/C19H17NO3S2/c1-22-15-9-8-14(10-16(15)23-2)11-17-18(21)20(19(24)25-17)12-13-6-4-3-5-7-13/h3-11H,12H2,1-2H3/b17-11+. The Morgan fingerprint density at radius 1 is 1.08 bits per heavy atom. The molecule has 3 rings (SSSR count). The summed E-state index contributed by atoms with van der Waals surface area (Å²) in [4.78, 5) is 14.9. The number of benzene rings is 2. The van der Waals surface area contributed by atoms with Crippen LogP contribution in [0, 0.1) is 0 Å². The Balaban J connectivity index is 1.83. The predicted molar refractivity (Wildman–Crippen MR) is 105 cm³/mol. The molecule has 0 spiro atoms. The molecule has 25 heavy (non-hydrogen) atoms. The normalized spacial score (nSPS) is 15.8. The largest absolute Gasteiger partial charge is 0.493 e. The van der Waals surface area contributed by atoms with E-state index in [1.165, 1.54) is 11.8 Å². The van der Waals surface area contributed by atoms with E-state index in [0.29, 0.717) is 27.3 Å². The van der Waals surface area contributed by atoms with Crippen molar-refractivity contribution in [2.75, 3.05) is 14.2 Å². The van der Waals surface area contributed by atoms with E-state index in [0.717, 1.165) is 11.1 Å². The topological polar surface area (TPSA) is 38.8 Å². The number of methoxy groups -OCH3 is 2. The number of carbonyl (C=O) groups is 1. The Hall–Kier alpha value is -2.31. The monoisotopic (exact) mass is 371 g/mol. The minimum atomic E-state index is -0.0753. The van der Waals surface area contributed by atoms with E-state index < -0.39 is 0 Å². The van der Waals surface area contributed by atoms with Gasteiger partial charge in [-0.3, -0.25) is 9.69 Å². The summed E-state index contributed by atoms with van der Waals surface area (Å²) in [5.41, 5.74) is 1.91. The Kier molecular flexibility index (Phi) is 5.40. The molecule has 2 aromatic carbocycles. The Morgan fingerprint density at radius 3 is 2.48 bits per heavy atom. The van der Waals surface area contributed by atoms with Gasteiger partial charge < -0.3 is 9.47 Å². The molecular weight excluding hydrogens is 354 g/mol. The van der Waals surface area contributed by atoms with Gasteiger partial charge in [-0.05, 0) is 29.3 Å². The van der Waals surface area contributed by atoms with E-state index in [1.54, 1.807) is 19.1 Å². The summed E-state index contributed by atoms with van der Waals surface area (Å²) in [6, 6.07) is 15.3. The maximum absolute atomic E-state index is 12.7. The molecule has 128 valence electrons. The average molecular weight is 371 g/mol. The van der Waals surface area contributed by atoms with Gasteiger partial charge in [-0.2, -0.15) is 0 Å². The lowest BCUT2D eigenvalue weighted by atomic mass is 10.1. The Bertz CT molecular complexity index is 834. The molecule has 2 aromatic rings. The SMILES string of the molecule is COc1ccc(/C=C2/SC(=S)N(Cc3ccccc3)C2=O)cc1OC. The molecule has 0 atom stereocenters. The molecule has 6 heteroatoms. The lowest BCUT2D eigenvalue weighted by molar-refractivity contribution is -0.122. The number of amides is 1. The van der Waals surface area contributed by atoms with Crippen molar-refractivity contribution in [2.45, 2.75) is 6.54 Å². The maximum atomic E-state index is 12.7. The highest BCUT2D eigenvalue weighted by atomic mass is 32.2. The van der Waals surface area contributed by atoms with Crippen molar-refractivity contribution in [1.82, 2.24) is 4.90 Å². The fourth-order valence-electron chi connectivity index (χ4n) is 2.50. The van der Waals surface area contributed by atoms with Crippen molar-refractivity contribution in [3.8, 4) is 11.5 Å². The highest BCUT2D eigenvalue weighted by Gasteiger charge is 2.31. The van der Waals surface area contributed by atoms with Crippen LogP contribution in [0.5, 0.6) is 11.5 Å². The van der Waals surface area contributed by atoms with Gasteiger partial charge in [0.05, 0.1) is 25.7 Å². The summed E-state index contributed by atoms with van der Waals surface area (Å²) in [6.07, 6.45) is 1.83. The first kappa shape index (κ1) is 17.5. The predicted octanol–water partition coefficient (Wildman–Crippen LogP) is 4.11. The molecule has 0 unspecified atom stereocenters. The summed E-state index contributed by atoms with van der Waals surface area (Å²) in [5, 5.41) is 0. The van der Waals surface area contributed by atoms with Gasteiger partial charge in [0.25, 0.3) is 5.91 Å². The molecule has 0 aliphatic carbocycles. The number of hydrogen-bond acceptors (Lipinski definition) is 5. The fourth-order valence-corrected chi connectivity index (χ4v) is 3.75. The molecule has 1 saturated heterocycles. The first-order chi connectivity index (χ1) is 12.1. The third-order valence-corrected chi connectivity index (χ3v) is 5.14. The smallest absolute Gasteiger partial charge is 0.266 e. The van der Waals surface area contributed by atoms with Gasteiger partial charge in [0.2, 0.25) is 0 Å². The Morgan fingerprint density at radius 2 is 1.80 bits per heavy atom. The number of rotatable bonds is 5. The second kappa shape index (κ2) is 7.72. The van der Waals surface area contributed by atoms with E-state index in [-0.39, 0.29) is 5.91 Å². The van der Waals surface area contributed by atoms with Gasteiger partial charge >= 0.3 is 0 Å². The second-order valence-electron chi connectivity index (χ2n) is 5.37. The van der Waals surface area contributed by atoms with Gasteiger partial charge in [-0.1, -0.05) is 60.4 Å².